The van der Waals surface area contributed by atoms with Crippen molar-refractivity contribution in [2.75, 3.05) is 0 Å². The summed E-state index contributed by atoms with van der Waals surface area (Å²) in [5.74, 6) is 0. The molecule has 52 heavy (non-hydrogen) atoms. The summed E-state index contributed by atoms with van der Waals surface area (Å²) in [6.45, 7) is 27.4. The average Bonchev–Trinajstić information content (AvgIpc) is 3.36. The molecule has 6 aromatic rings. The van der Waals surface area contributed by atoms with E-state index in [4.69, 9.17) is 0 Å². The van der Waals surface area contributed by atoms with Gasteiger partial charge in [-0.25, -0.2) is 0 Å². The van der Waals surface area contributed by atoms with Gasteiger partial charge in [0.2, 0.25) is 0 Å². The highest BCUT2D eigenvalue weighted by molar-refractivity contribution is 6.14. The summed E-state index contributed by atoms with van der Waals surface area (Å²) in [6.07, 6.45) is 0. The highest BCUT2D eigenvalue weighted by Crippen LogP contribution is 2.52. The predicted octanol–water partition coefficient (Wildman–Crippen LogP) is 14.5. The molecule has 6 aromatic carbocycles. The maximum Gasteiger partial charge on any atom is -0.00139 e. The number of aryl methyl sites for hydroxylation is 6. The average molecular weight is 679 g/mol. The number of rotatable bonds is 4. The van der Waals surface area contributed by atoms with Gasteiger partial charge >= 0.3 is 0 Å². The Kier molecular flexibility index (Phi) is 8.81. The van der Waals surface area contributed by atoms with E-state index in [-0.39, 0.29) is 10.8 Å². The van der Waals surface area contributed by atoms with Crippen molar-refractivity contribution in [3.63, 3.8) is 0 Å². The normalized spacial score (nSPS) is 12.6. The number of fused-ring (bicyclic) bond motifs is 3. The van der Waals surface area contributed by atoms with Gasteiger partial charge in [-0.15, -0.1) is 0 Å². The van der Waals surface area contributed by atoms with Crippen molar-refractivity contribution >= 4 is 11.1 Å². The van der Waals surface area contributed by atoms with E-state index in [2.05, 4.69) is 192 Å². The van der Waals surface area contributed by atoms with E-state index in [0.717, 1.165) is 0 Å². The number of benzene rings is 6. The molecule has 0 amide bonds. The molecule has 0 nitrogen and oxygen atoms in total. The molecule has 0 atom stereocenters. The van der Waals surface area contributed by atoms with Crippen LogP contribution in [0.3, 0.4) is 0 Å². The SMILES string of the molecule is Cc1cc(C)cc(C(=C2c3cc(-c4c(C)cc(C(C)(C)C)cc4C)ccc3-c3ccc(-c4c(C)cc(C(C)(C)C)cc4C)cc32)c2ccccc2)c1. The molecule has 0 saturated carbocycles. The summed E-state index contributed by atoms with van der Waals surface area (Å²) in [7, 11) is 0. The number of hydrogen-bond acceptors (Lipinski definition) is 0. The van der Waals surface area contributed by atoms with Crippen molar-refractivity contribution in [1.29, 1.82) is 0 Å². The topological polar surface area (TPSA) is 0 Å². The monoisotopic (exact) mass is 678 g/mol. The standard InChI is InChI=1S/C52H54/c1-31-22-32(2)24-40(23-31)49(37-16-14-13-15-17-37)50-45-29-38(47-33(3)25-41(26-34(47)4)51(7,8)9)18-20-43(45)44-21-19-39(30-46(44)50)48-35(5)27-42(28-36(48)6)52(10,11)12/h13-30H,1-12H3. The van der Waals surface area contributed by atoms with Crippen LogP contribution in [0.1, 0.15) is 108 Å². The third kappa shape index (κ3) is 6.38. The van der Waals surface area contributed by atoms with Gasteiger partial charge in [-0.05, 0) is 165 Å². The molecular formula is C52H54. The third-order valence-electron chi connectivity index (χ3n) is 11.1. The Morgan fingerprint density at radius 3 is 1.17 bits per heavy atom. The van der Waals surface area contributed by atoms with Crippen molar-refractivity contribution < 1.29 is 0 Å². The van der Waals surface area contributed by atoms with E-state index in [1.54, 1.807) is 0 Å². The predicted molar refractivity (Wildman–Crippen MR) is 226 cm³/mol. The molecular weight excluding hydrogens is 625 g/mol. The van der Waals surface area contributed by atoms with E-state index >= 15 is 0 Å². The van der Waals surface area contributed by atoms with E-state index in [9.17, 15) is 0 Å². The van der Waals surface area contributed by atoms with Crippen LogP contribution >= 0.6 is 0 Å². The lowest BCUT2D eigenvalue weighted by Gasteiger charge is -2.23. The van der Waals surface area contributed by atoms with Gasteiger partial charge in [0.25, 0.3) is 0 Å². The lowest BCUT2D eigenvalue weighted by atomic mass is 9.82. The van der Waals surface area contributed by atoms with Crippen LogP contribution in [0.15, 0.2) is 109 Å². The van der Waals surface area contributed by atoms with Crippen molar-refractivity contribution in [2.45, 2.75) is 93.9 Å². The van der Waals surface area contributed by atoms with Crippen molar-refractivity contribution in [3.05, 3.63) is 176 Å². The van der Waals surface area contributed by atoms with Crippen LogP contribution in [0.5, 0.6) is 0 Å². The quantitative estimate of drug-likeness (QED) is 0.174. The number of hydrogen-bond donors (Lipinski definition) is 0. The van der Waals surface area contributed by atoms with Crippen LogP contribution in [-0.2, 0) is 10.8 Å². The molecule has 0 aromatic heterocycles. The highest BCUT2D eigenvalue weighted by atomic mass is 14.3. The molecule has 0 unspecified atom stereocenters. The zero-order valence-electron chi connectivity index (χ0n) is 33.4. The van der Waals surface area contributed by atoms with E-state index in [1.165, 1.54) is 111 Å². The summed E-state index contributed by atoms with van der Waals surface area (Å²) in [4.78, 5) is 0. The summed E-state index contributed by atoms with van der Waals surface area (Å²) in [5.41, 5.74) is 26.4. The Morgan fingerprint density at radius 2 is 0.788 bits per heavy atom. The molecule has 0 saturated heterocycles. The fraction of sp³-hybridized carbons (Fsp3) is 0.269. The molecule has 0 spiro atoms. The van der Waals surface area contributed by atoms with Gasteiger partial charge in [0.1, 0.15) is 0 Å². The minimum atomic E-state index is 0.0988. The summed E-state index contributed by atoms with van der Waals surface area (Å²) >= 11 is 0. The van der Waals surface area contributed by atoms with Gasteiger partial charge < -0.3 is 0 Å². The molecule has 0 aliphatic heterocycles. The van der Waals surface area contributed by atoms with Gasteiger partial charge in [-0.2, -0.15) is 0 Å². The molecule has 1 aliphatic rings. The summed E-state index contributed by atoms with van der Waals surface area (Å²) in [6, 6.07) is 42.1. The Bertz CT molecular complexity index is 2210. The molecule has 262 valence electrons. The first-order valence-electron chi connectivity index (χ1n) is 18.9. The van der Waals surface area contributed by atoms with Crippen LogP contribution in [0.2, 0.25) is 0 Å². The van der Waals surface area contributed by atoms with Crippen LogP contribution in [-0.4, -0.2) is 0 Å². The molecule has 0 N–H and O–H groups in total. The molecule has 1 aliphatic carbocycles. The van der Waals surface area contributed by atoms with Gasteiger partial charge in [0.15, 0.2) is 0 Å². The van der Waals surface area contributed by atoms with E-state index in [0.29, 0.717) is 0 Å². The molecule has 0 bridgehead atoms. The molecule has 0 heterocycles. The first kappa shape index (κ1) is 35.5. The lowest BCUT2D eigenvalue weighted by molar-refractivity contribution is 0.589. The molecule has 0 heteroatoms. The van der Waals surface area contributed by atoms with Gasteiger partial charge in [-0.1, -0.05) is 150 Å². The minimum Gasteiger partial charge on any atom is -0.0622 e. The van der Waals surface area contributed by atoms with Crippen LogP contribution in [0.4, 0.5) is 0 Å². The second-order valence-corrected chi connectivity index (χ2v) is 17.5. The Morgan fingerprint density at radius 1 is 0.385 bits per heavy atom. The minimum absolute atomic E-state index is 0.0988. The molecule has 0 fully saturated rings. The van der Waals surface area contributed by atoms with Crippen molar-refractivity contribution in [2.24, 2.45) is 0 Å². The fourth-order valence-corrected chi connectivity index (χ4v) is 8.58. The maximum atomic E-state index is 2.48. The molecule has 7 rings (SSSR count). The second-order valence-electron chi connectivity index (χ2n) is 17.5. The Labute approximate surface area is 313 Å². The van der Waals surface area contributed by atoms with Crippen LogP contribution < -0.4 is 0 Å². The lowest BCUT2D eigenvalue weighted by Crippen LogP contribution is -2.12. The fourth-order valence-electron chi connectivity index (χ4n) is 8.58. The summed E-state index contributed by atoms with van der Waals surface area (Å²) < 4.78 is 0. The largest absolute Gasteiger partial charge is 0.0622 e. The first-order chi connectivity index (χ1) is 24.5. The van der Waals surface area contributed by atoms with Gasteiger partial charge in [0.05, 0.1) is 0 Å². The maximum absolute atomic E-state index is 2.48. The van der Waals surface area contributed by atoms with E-state index in [1.807, 2.05) is 0 Å². The second kappa shape index (κ2) is 12.9. The third-order valence-corrected chi connectivity index (χ3v) is 11.1. The molecule has 0 radical (unpaired) electrons. The van der Waals surface area contributed by atoms with Gasteiger partial charge in [0, 0.05) is 0 Å². The Hall–Kier alpha value is -4.94. The zero-order valence-corrected chi connectivity index (χ0v) is 33.4. The summed E-state index contributed by atoms with van der Waals surface area (Å²) in [5, 5.41) is 0. The highest BCUT2D eigenvalue weighted by Gasteiger charge is 2.30. The zero-order chi connectivity index (χ0) is 37.3. The first-order valence-corrected chi connectivity index (χ1v) is 18.9. The smallest absolute Gasteiger partial charge is 0.00139 e. The van der Waals surface area contributed by atoms with E-state index < -0.39 is 0 Å². The van der Waals surface area contributed by atoms with Crippen molar-refractivity contribution in [3.8, 4) is 33.4 Å². The van der Waals surface area contributed by atoms with Crippen LogP contribution in [0, 0.1) is 41.5 Å². The van der Waals surface area contributed by atoms with Crippen LogP contribution in [0.25, 0.3) is 44.5 Å². The Balaban J connectivity index is 1.55. The van der Waals surface area contributed by atoms with Crippen molar-refractivity contribution in [1.82, 2.24) is 0 Å². The van der Waals surface area contributed by atoms with Gasteiger partial charge in [-0.3, -0.25) is 0 Å².